The van der Waals surface area contributed by atoms with Crippen molar-refractivity contribution >= 4 is 5.65 Å². The van der Waals surface area contributed by atoms with Crippen LogP contribution in [-0.4, -0.2) is 51.0 Å². The van der Waals surface area contributed by atoms with E-state index in [0.29, 0.717) is 0 Å². The van der Waals surface area contributed by atoms with E-state index in [2.05, 4.69) is 48.0 Å². The zero-order valence-electron chi connectivity index (χ0n) is 17.8. The predicted octanol–water partition coefficient (Wildman–Crippen LogP) is 4.34. The van der Waals surface area contributed by atoms with E-state index in [1.54, 1.807) is 0 Å². The summed E-state index contributed by atoms with van der Waals surface area (Å²) in [5, 5.41) is 13.3. The van der Waals surface area contributed by atoms with Gasteiger partial charge in [-0.1, -0.05) is 27.2 Å². The minimum atomic E-state index is -0.114. The molecule has 0 unspecified atom stereocenters. The third-order valence-corrected chi connectivity index (χ3v) is 5.42. The molecule has 1 saturated heterocycles. The molecule has 1 aliphatic heterocycles. The molecule has 0 atom stereocenters. The van der Waals surface area contributed by atoms with Crippen LogP contribution in [0.25, 0.3) is 16.9 Å². The molecule has 3 heterocycles. The molecule has 2 aromatic heterocycles. The van der Waals surface area contributed by atoms with Crippen LogP contribution in [0.15, 0.2) is 36.4 Å². The molecule has 0 N–H and O–H groups in total. The van der Waals surface area contributed by atoms with Gasteiger partial charge in [-0.2, -0.15) is 9.61 Å². The van der Waals surface area contributed by atoms with Crippen molar-refractivity contribution in [2.45, 2.75) is 51.9 Å². The molecule has 0 saturated carbocycles. The Balaban J connectivity index is 1.38. The lowest BCUT2D eigenvalue weighted by Gasteiger charge is -2.26. The standard InChI is InChI=1S/C23H31N5O/c1-23(2,3)22-25-24-21-13-12-20(26-28(21)22)18-8-10-19(11-9-18)29-17-7-16-27-14-5-4-6-15-27/h8-13H,4-7,14-17H2,1-3H3. The van der Waals surface area contributed by atoms with Gasteiger partial charge in [-0.15, -0.1) is 10.2 Å². The Morgan fingerprint density at radius 1 is 0.931 bits per heavy atom. The maximum atomic E-state index is 5.94. The summed E-state index contributed by atoms with van der Waals surface area (Å²) in [6.45, 7) is 10.7. The molecule has 0 amide bonds. The van der Waals surface area contributed by atoms with Crippen LogP contribution in [0.4, 0.5) is 0 Å². The first-order chi connectivity index (χ1) is 14.0. The summed E-state index contributed by atoms with van der Waals surface area (Å²) in [7, 11) is 0. The molecule has 1 aliphatic rings. The molecule has 0 spiro atoms. The second-order valence-corrected chi connectivity index (χ2v) is 8.89. The van der Waals surface area contributed by atoms with E-state index in [1.165, 1.54) is 32.4 Å². The molecule has 6 nitrogen and oxygen atoms in total. The third-order valence-electron chi connectivity index (χ3n) is 5.42. The Kier molecular flexibility index (Phi) is 5.81. The predicted molar refractivity (Wildman–Crippen MR) is 115 cm³/mol. The summed E-state index contributed by atoms with van der Waals surface area (Å²) in [6, 6.07) is 12.1. The number of ether oxygens (including phenoxy) is 1. The molecule has 1 fully saturated rings. The Morgan fingerprint density at radius 2 is 1.69 bits per heavy atom. The average Bonchev–Trinajstić information content (AvgIpc) is 3.16. The van der Waals surface area contributed by atoms with Crippen LogP contribution < -0.4 is 4.74 Å². The fraction of sp³-hybridized carbons (Fsp3) is 0.522. The first kappa shape index (κ1) is 19.8. The van der Waals surface area contributed by atoms with Crippen LogP contribution in [-0.2, 0) is 5.41 Å². The number of hydrogen-bond acceptors (Lipinski definition) is 5. The molecule has 0 bridgehead atoms. The van der Waals surface area contributed by atoms with Gasteiger partial charge in [0.25, 0.3) is 0 Å². The number of likely N-dealkylation sites (tertiary alicyclic amines) is 1. The maximum absolute atomic E-state index is 5.94. The molecule has 6 heteroatoms. The lowest BCUT2D eigenvalue weighted by Crippen LogP contribution is -2.31. The van der Waals surface area contributed by atoms with E-state index in [0.717, 1.165) is 48.1 Å². The summed E-state index contributed by atoms with van der Waals surface area (Å²) < 4.78 is 7.78. The van der Waals surface area contributed by atoms with Gasteiger partial charge in [0.15, 0.2) is 11.5 Å². The molecule has 0 radical (unpaired) electrons. The Bertz CT molecular complexity index is 936. The number of piperidine rings is 1. The first-order valence-electron chi connectivity index (χ1n) is 10.7. The van der Waals surface area contributed by atoms with Gasteiger partial charge in [-0.3, -0.25) is 0 Å². The highest BCUT2D eigenvalue weighted by Crippen LogP contribution is 2.24. The van der Waals surface area contributed by atoms with Crippen LogP contribution in [0.2, 0.25) is 0 Å². The zero-order chi connectivity index (χ0) is 20.3. The zero-order valence-corrected chi connectivity index (χ0v) is 17.8. The quantitative estimate of drug-likeness (QED) is 0.583. The number of fused-ring (bicyclic) bond motifs is 1. The first-order valence-corrected chi connectivity index (χ1v) is 10.7. The van der Waals surface area contributed by atoms with Crippen LogP contribution in [0.1, 0.15) is 52.3 Å². The molecule has 29 heavy (non-hydrogen) atoms. The summed E-state index contributed by atoms with van der Waals surface area (Å²) >= 11 is 0. The number of benzene rings is 1. The SMILES string of the molecule is CC(C)(C)c1nnc2ccc(-c3ccc(OCCCN4CCCCC4)cc3)nn12. The lowest BCUT2D eigenvalue weighted by atomic mass is 9.96. The molecule has 4 rings (SSSR count). The van der Waals surface area contributed by atoms with Crippen LogP contribution in [0, 0.1) is 0 Å². The van der Waals surface area contributed by atoms with Crippen molar-refractivity contribution in [2.75, 3.05) is 26.2 Å². The fourth-order valence-corrected chi connectivity index (χ4v) is 3.79. The van der Waals surface area contributed by atoms with E-state index < -0.39 is 0 Å². The van der Waals surface area contributed by atoms with Crippen LogP contribution >= 0.6 is 0 Å². The average molecular weight is 394 g/mol. The highest BCUT2D eigenvalue weighted by Gasteiger charge is 2.22. The number of nitrogens with zero attached hydrogens (tertiary/aromatic N) is 5. The Morgan fingerprint density at radius 3 is 2.41 bits per heavy atom. The minimum absolute atomic E-state index is 0.114. The maximum Gasteiger partial charge on any atom is 0.177 e. The van der Waals surface area contributed by atoms with Crippen molar-refractivity contribution in [3.63, 3.8) is 0 Å². The van der Waals surface area contributed by atoms with E-state index >= 15 is 0 Å². The van der Waals surface area contributed by atoms with Gasteiger partial charge in [0.2, 0.25) is 0 Å². The van der Waals surface area contributed by atoms with Gasteiger partial charge in [0, 0.05) is 17.5 Å². The Labute approximate surface area is 172 Å². The largest absolute Gasteiger partial charge is 0.494 e. The summed E-state index contributed by atoms with van der Waals surface area (Å²) in [6.07, 6.45) is 5.14. The highest BCUT2D eigenvalue weighted by atomic mass is 16.5. The number of hydrogen-bond donors (Lipinski definition) is 0. The molecule has 154 valence electrons. The molecular formula is C23H31N5O. The minimum Gasteiger partial charge on any atom is -0.494 e. The smallest absolute Gasteiger partial charge is 0.177 e. The van der Waals surface area contributed by atoms with Crippen molar-refractivity contribution in [3.05, 3.63) is 42.2 Å². The molecule has 0 aliphatic carbocycles. The van der Waals surface area contributed by atoms with Gasteiger partial charge in [0.05, 0.1) is 12.3 Å². The lowest BCUT2D eigenvalue weighted by molar-refractivity contribution is 0.205. The highest BCUT2D eigenvalue weighted by molar-refractivity contribution is 5.61. The van der Waals surface area contributed by atoms with Gasteiger partial charge in [-0.25, -0.2) is 0 Å². The molecule has 1 aromatic carbocycles. The summed E-state index contributed by atoms with van der Waals surface area (Å²) in [4.78, 5) is 2.55. The van der Waals surface area contributed by atoms with Gasteiger partial charge >= 0.3 is 0 Å². The Hall–Kier alpha value is -2.47. The van der Waals surface area contributed by atoms with Crippen molar-refractivity contribution in [2.24, 2.45) is 0 Å². The summed E-state index contributed by atoms with van der Waals surface area (Å²) in [5.41, 5.74) is 2.62. The van der Waals surface area contributed by atoms with Crippen molar-refractivity contribution in [3.8, 4) is 17.0 Å². The topological polar surface area (TPSA) is 55.6 Å². The van der Waals surface area contributed by atoms with Gasteiger partial charge in [-0.05, 0) is 68.8 Å². The third kappa shape index (κ3) is 4.75. The van der Waals surface area contributed by atoms with Crippen LogP contribution in [0.5, 0.6) is 5.75 Å². The number of rotatable bonds is 6. The molecular weight excluding hydrogens is 362 g/mol. The monoisotopic (exact) mass is 393 g/mol. The van der Waals surface area contributed by atoms with Gasteiger partial charge in [0.1, 0.15) is 5.75 Å². The van der Waals surface area contributed by atoms with Crippen LogP contribution in [0.3, 0.4) is 0 Å². The van der Waals surface area contributed by atoms with Crippen molar-refractivity contribution < 1.29 is 4.74 Å². The van der Waals surface area contributed by atoms with E-state index in [-0.39, 0.29) is 5.41 Å². The fourth-order valence-electron chi connectivity index (χ4n) is 3.79. The molecule has 3 aromatic rings. The van der Waals surface area contributed by atoms with E-state index in [9.17, 15) is 0 Å². The van der Waals surface area contributed by atoms with Gasteiger partial charge < -0.3 is 9.64 Å². The normalized spacial score (nSPS) is 15.7. The summed E-state index contributed by atoms with van der Waals surface area (Å²) in [5.74, 6) is 1.77. The van der Waals surface area contributed by atoms with E-state index in [4.69, 9.17) is 9.84 Å². The second-order valence-electron chi connectivity index (χ2n) is 8.89. The van der Waals surface area contributed by atoms with Crippen molar-refractivity contribution in [1.82, 2.24) is 24.7 Å². The second kappa shape index (κ2) is 8.49. The number of aromatic nitrogens is 4. The van der Waals surface area contributed by atoms with E-state index in [1.807, 2.05) is 28.8 Å². The van der Waals surface area contributed by atoms with Crippen molar-refractivity contribution in [1.29, 1.82) is 0 Å².